The monoisotopic (exact) mass is 524 g/mol. The molecule has 0 unspecified atom stereocenters. The van der Waals surface area contributed by atoms with Gasteiger partial charge in [0.2, 0.25) is 11.8 Å². The Morgan fingerprint density at radius 3 is 2.45 bits per heavy atom. The lowest BCUT2D eigenvalue weighted by molar-refractivity contribution is -0.152. The number of likely N-dealkylation sites (tertiary alicyclic amines) is 1. The molecule has 3 fully saturated rings. The van der Waals surface area contributed by atoms with Crippen molar-refractivity contribution in [2.24, 2.45) is 5.92 Å². The van der Waals surface area contributed by atoms with E-state index in [-0.39, 0.29) is 54.7 Å². The molecule has 0 bridgehead atoms. The standard InChI is InChI=1S/C28H27F3N4O3/c1-27(30,31)21-8-5-18(6-9-21)15-35-24(36)16-34(23-10-7-19(14-32)13-22(23)29)26(38)28(35)11-12-33(17-28)25(37)20-3-2-4-20/h5-10,13,20H,2-4,11-12,15-17H2,1H3/t28-/m0/s1. The average molecular weight is 525 g/mol. The van der Waals surface area contributed by atoms with Gasteiger partial charge in [-0.2, -0.15) is 5.26 Å². The van der Waals surface area contributed by atoms with Gasteiger partial charge in [0.15, 0.2) is 0 Å². The number of nitriles is 1. The number of amides is 3. The van der Waals surface area contributed by atoms with Crippen molar-refractivity contribution in [3.05, 3.63) is 65.0 Å². The molecular formula is C28H27F3N4O3. The molecule has 0 aromatic heterocycles. The lowest BCUT2D eigenvalue weighted by atomic mass is 9.84. The third-order valence-electron chi connectivity index (χ3n) is 7.94. The van der Waals surface area contributed by atoms with E-state index < -0.39 is 35.6 Å². The highest BCUT2D eigenvalue weighted by atomic mass is 19.3. The van der Waals surface area contributed by atoms with E-state index in [0.29, 0.717) is 5.56 Å². The van der Waals surface area contributed by atoms with Gasteiger partial charge in [-0.15, -0.1) is 0 Å². The Balaban J connectivity index is 1.49. The molecule has 198 valence electrons. The molecule has 10 heteroatoms. The van der Waals surface area contributed by atoms with Gasteiger partial charge < -0.3 is 9.80 Å². The van der Waals surface area contributed by atoms with E-state index in [1.165, 1.54) is 41.3 Å². The number of carbonyl (C=O) groups is 3. The summed E-state index contributed by atoms with van der Waals surface area (Å²) in [5.74, 6) is -4.92. The van der Waals surface area contributed by atoms with E-state index in [1.54, 1.807) is 4.90 Å². The number of hydrogen-bond acceptors (Lipinski definition) is 4. The molecule has 7 nitrogen and oxygen atoms in total. The van der Waals surface area contributed by atoms with Crippen molar-refractivity contribution in [3.8, 4) is 6.07 Å². The minimum Gasteiger partial charge on any atom is -0.339 e. The molecule has 1 saturated carbocycles. The number of rotatable bonds is 5. The van der Waals surface area contributed by atoms with Crippen LogP contribution in [0.2, 0.25) is 0 Å². The first-order valence-electron chi connectivity index (χ1n) is 12.6. The fraction of sp³-hybridized carbons (Fsp3) is 0.429. The summed E-state index contributed by atoms with van der Waals surface area (Å²) in [6.45, 7) is 0.606. The van der Waals surface area contributed by atoms with E-state index in [0.717, 1.165) is 37.2 Å². The summed E-state index contributed by atoms with van der Waals surface area (Å²) in [5.41, 5.74) is -1.07. The van der Waals surface area contributed by atoms with Crippen LogP contribution in [0.1, 0.15) is 49.3 Å². The third kappa shape index (κ3) is 4.40. The van der Waals surface area contributed by atoms with E-state index in [9.17, 15) is 27.6 Å². The fourth-order valence-electron chi connectivity index (χ4n) is 5.50. The van der Waals surface area contributed by atoms with Gasteiger partial charge in [0.05, 0.1) is 23.9 Å². The average Bonchev–Trinajstić information content (AvgIpc) is 3.29. The summed E-state index contributed by atoms with van der Waals surface area (Å²) in [6, 6.07) is 11.1. The number of nitrogens with zero attached hydrogens (tertiary/aromatic N) is 4. The van der Waals surface area contributed by atoms with Crippen LogP contribution >= 0.6 is 0 Å². The number of piperazine rings is 1. The summed E-state index contributed by atoms with van der Waals surface area (Å²) < 4.78 is 42.3. The summed E-state index contributed by atoms with van der Waals surface area (Å²) >= 11 is 0. The van der Waals surface area contributed by atoms with Crippen molar-refractivity contribution in [1.29, 1.82) is 5.26 Å². The van der Waals surface area contributed by atoms with Crippen molar-refractivity contribution in [2.75, 3.05) is 24.5 Å². The maximum absolute atomic E-state index is 14.9. The Morgan fingerprint density at radius 2 is 1.87 bits per heavy atom. The van der Waals surface area contributed by atoms with Gasteiger partial charge in [0.25, 0.3) is 11.8 Å². The Morgan fingerprint density at radius 1 is 1.16 bits per heavy atom. The van der Waals surface area contributed by atoms with Crippen LogP contribution in [-0.2, 0) is 26.9 Å². The normalized spacial score (nSPS) is 22.1. The van der Waals surface area contributed by atoms with E-state index >= 15 is 0 Å². The lowest BCUT2D eigenvalue weighted by Crippen LogP contribution is -2.69. The van der Waals surface area contributed by atoms with Crippen LogP contribution in [0, 0.1) is 23.1 Å². The zero-order valence-electron chi connectivity index (χ0n) is 20.9. The maximum Gasteiger partial charge on any atom is 0.270 e. The minimum absolute atomic E-state index is 0.0186. The number of benzene rings is 2. The third-order valence-corrected chi connectivity index (χ3v) is 7.94. The van der Waals surface area contributed by atoms with E-state index in [2.05, 4.69) is 0 Å². The molecule has 3 aliphatic rings. The first kappa shape index (κ1) is 25.8. The highest BCUT2D eigenvalue weighted by molar-refractivity contribution is 6.10. The van der Waals surface area contributed by atoms with E-state index in [1.807, 2.05) is 6.07 Å². The second-order valence-corrected chi connectivity index (χ2v) is 10.4. The van der Waals surface area contributed by atoms with E-state index in [4.69, 9.17) is 5.26 Å². The van der Waals surface area contributed by atoms with Crippen molar-refractivity contribution in [2.45, 2.75) is 50.6 Å². The number of halogens is 3. The molecule has 2 saturated heterocycles. The molecule has 0 N–H and O–H groups in total. The Hall–Kier alpha value is -3.87. The van der Waals surface area contributed by atoms with Gasteiger partial charge in [0.1, 0.15) is 17.9 Å². The van der Waals surface area contributed by atoms with Crippen molar-refractivity contribution >= 4 is 23.4 Å². The summed E-state index contributed by atoms with van der Waals surface area (Å²) in [4.78, 5) is 44.8. The molecule has 2 heterocycles. The second kappa shape index (κ2) is 9.46. The zero-order valence-corrected chi connectivity index (χ0v) is 20.9. The summed E-state index contributed by atoms with van der Waals surface area (Å²) in [7, 11) is 0. The molecule has 1 spiro atoms. The number of carbonyl (C=O) groups excluding carboxylic acids is 3. The predicted octanol–water partition coefficient (Wildman–Crippen LogP) is 3.96. The molecule has 1 atom stereocenters. The Kier molecular flexibility index (Phi) is 6.41. The predicted molar refractivity (Wildman–Crippen MR) is 131 cm³/mol. The second-order valence-electron chi connectivity index (χ2n) is 10.4. The highest BCUT2D eigenvalue weighted by Crippen LogP contribution is 2.39. The molecular weight excluding hydrogens is 497 g/mol. The van der Waals surface area contributed by atoms with Crippen LogP contribution in [-0.4, -0.2) is 52.7 Å². The number of alkyl halides is 2. The fourth-order valence-corrected chi connectivity index (χ4v) is 5.50. The molecule has 38 heavy (non-hydrogen) atoms. The summed E-state index contributed by atoms with van der Waals surface area (Å²) in [6.07, 6.45) is 2.72. The molecule has 3 amide bonds. The van der Waals surface area contributed by atoms with Gasteiger partial charge in [0, 0.05) is 31.5 Å². The zero-order chi connectivity index (χ0) is 27.2. The van der Waals surface area contributed by atoms with Crippen LogP contribution in [0.4, 0.5) is 18.9 Å². The van der Waals surface area contributed by atoms with Gasteiger partial charge in [-0.1, -0.05) is 30.7 Å². The first-order chi connectivity index (χ1) is 18.0. The van der Waals surface area contributed by atoms with Crippen LogP contribution in [0.5, 0.6) is 0 Å². The molecule has 1 aliphatic carbocycles. The molecule has 2 aliphatic heterocycles. The summed E-state index contributed by atoms with van der Waals surface area (Å²) in [5, 5.41) is 9.08. The maximum atomic E-state index is 14.9. The van der Waals surface area contributed by atoms with Crippen LogP contribution in [0.25, 0.3) is 0 Å². The lowest BCUT2D eigenvalue weighted by Gasteiger charge is -2.47. The van der Waals surface area contributed by atoms with Gasteiger partial charge >= 0.3 is 0 Å². The number of anilines is 1. The Labute approximate surface area is 218 Å². The Bertz CT molecular complexity index is 1330. The molecule has 2 aromatic rings. The quantitative estimate of drug-likeness (QED) is 0.593. The largest absolute Gasteiger partial charge is 0.339 e. The minimum atomic E-state index is -3.02. The van der Waals surface area contributed by atoms with Crippen molar-refractivity contribution in [3.63, 3.8) is 0 Å². The van der Waals surface area contributed by atoms with Crippen LogP contribution in [0.15, 0.2) is 42.5 Å². The topological polar surface area (TPSA) is 84.7 Å². The van der Waals surface area contributed by atoms with Gasteiger partial charge in [-0.25, -0.2) is 13.2 Å². The van der Waals surface area contributed by atoms with Crippen molar-refractivity contribution in [1.82, 2.24) is 9.80 Å². The van der Waals surface area contributed by atoms with Gasteiger partial charge in [-0.05, 0) is 43.0 Å². The first-order valence-corrected chi connectivity index (χ1v) is 12.6. The molecule has 0 radical (unpaired) electrons. The number of hydrogen-bond donors (Lipinski definition) is 0. The molecule has 5 rings (SSSR count). The van der Waals surface area contributed by atoms with Crippen molar-refractivity contribution < 1.29 is 27.6 Å². The molecule has 2 aromatic carbocycles. The highest BCUT2D eigenvalue weighted by Gasteiger charge is 2.57. The smallest absolute Gasteiger partial charge is 0.270 e. The van der Waals surface area contributed by atoms with Crippen LogP contribution < -0.4 is 4.90 Å². The van der Waals surface area contributed by atoms with Gasteiger partial charge in [-0.3, -0.25) is 19.3 Å². The van der Waals surface area contributed by atoms with Crippen LogP contribution in [0.3, 0.4) is 0 Å². The SMILES string of the molecule is CC(F)(F)c1ccc(CN2C(=O)CN(c3ccc(C#N)cc3F)C(=O)[C@@]23CCN(C(=O)C2CCC2)C3)cc1.